The van der Waals surface area contributed by atoms with E-state index < -0.39 is 11.7 Å². The first-order valence-electron chi connectivity index (χ1n) is 9.35. The molecule has 150 valence electrons. The molecule has 8 heteroatoms. The number of halogens is 3. The first kappa shape index (κ1) is 19.0. The molecule has 0 unspecified atom stereocenters. The molecule has 3 atom stereocenters. The Morgan fingerprint density at radius 2 is 1.96 bits per heavy atom. The third-order valence-electron chi connectivity index (χ3n) is 5.70. The summed E-state index contributed by atoms with van der Waals surface area (Å²) in [6, 6.07) is 6.05. The van der Waals surface area contributed by atoms with Gasteiger partial charge >= 0.3 is 12.2 Å². The first-order chi connectivity index (χ1) is 13.4. The normalized spacial score (nSPS) is 24.5. The van der Waals surface area contributed by atoms with E-state index in [1.807, 2.05) is 0 Å². The van der Waals surface area contributed by atoms with Crippen LogP contribution >= 0.6 is 0 Å². The minimum Gasteiger partial charge on any atom is -0.492 e. The molecule has 2 heterocycles. The van der Waals surface area contributed by atoms with Gasteiger partial charge in [0.05, 0.1) is 12.7 Å². The summed E-state index contributed by atoms with van der Waals surface area (Å²) in [7, 11) is 1.52. The standard InChI is InChI=1S/C20H22F3N3O2/c1-27-19-24-9-13(10-25-19)11-26-16-6-5-14(7-16)18(26)12-28-17-4-2-3-15(8-17)20(21,22)23/h2-4,8-10,14,16,18H,5-7,11-12H2,1H3/t14-,16+,18-/m0/s1. The summed E-state index contributed by atoms with van der Waals surface area (Å²) in [6.07, 6.45) is 2.52. The van der Waals surface area contributed by atoms with E-state index in [9.17, 15) is 13.2 Å². The Hall–Kier alpha value is -2.35. The van der Waals surface area contributed by atoms with Gasteiger partial charge in [-0.25, -0.2) is 9.97 Å². The third kappa shape index (κ3) is 3.92. The van der Waals surface area contributed by atoms with Gasteiger partial charge in [0.15, 0.2) is 0 Å². The maximum Gasteiger partial charge on any atom is 0.416 e. The summed E-state index contributed by atoms with van der Waals surface area (Å²) >= 11 is 0. The number of likely N-dealkylation sites (tertiary alicyclic amines) is 1. The predicted octanol–water partition coefficient (Wildman–Crippen LogP) is 3.94. The van der Waals surface area contributed by atoms with Crippen molar-refractivity contribution in [2.45, 2.75) is 44.1 Å². The Morgan fingerprint density at radius 1 is 1.18 bits per heavy atom. The number of hydrogen-bond acceptors (Lipinski definition) is 5. The molecule has 2 aliphatic rings. The lowest BCUT2D eigenvalue weighted by atomic mass is 9.99. The summed E-state index contributed by atoms with van der Waals surface area (Å²) < 4.78 is 49.5. The van der Waals surface area contributed by atoms with E-state index in [1.54, 1.807) is 18.5 Å². The molecule has 0 radical (unpaired) electrons. The molecular weight excluding hydrogens is 371 g/mol. The van der Waals surface area contributed by atoms with Gasteiger partial charge in [0.1, 0.15) is 12.4 Å². The summed E-state index contributed by atoms with van der Waals surface area (Å²) in [5.41, 5.74) is 0.294. The number of fused-ring (bicyclic) bond motifs is 2. The fourth-order valence-electron chi connectivity index (χ4n) is 4.35. The SMILES string of the molecule is COc1ncc(CN2[C@@H]3CC[C@@H](C3)[C@@H]2COc2cccc(C(F)(F)F)c2)cn1. The van der Waals surface area contributed by atoms with Crippen molar-refractivity contribution < 1.29 is 22.6 Å². The average Bonchev–Trinajstić information content (AvgIpc) is 3.28. The van der Waals surface area contributed by atoms with Crippen molar-refractivity contribution in [2.75, 3.05) is 13.7 Å². The Labute approximate surface area is 161 Å². The van der Waals surface area contributed by atoms with Gasteiger partial charge in [-0.2, -0.15) is 13.2 Å². The van der Waals surface area contributed by atoms with Crippen LogP contribution in [0.4, 0.5) is 13.2 Å². The lowest BCUT2D eigenvalue weighted by molar-refractivity contribution is -0.137. The fraction of sp³-hybridized carbons (Fsp3) is 0.500. The number of alkyl halides is 3. The highest BCUT2D eigenvalue weighted by Gasteiger charge is 2.46. The summed E-state index contributed by atoms with van der Waals surface area (Å²) in [5.74, 6) is 0.764. The van der Waals surface area contributed by atoms with E-state index in [1.165, 1.54) is 13.2 Å². The van der Waals surface area contributed by atoms with Gasteiger partial charge in [0.2, 0.25) is 0 Å². The van der Waals surface area contributed by atoms with E-state index >= 15 is 0 Å². The Kier molecular flexibility index (Phi) is 5.14. The van der Waals surface area contributed by atoms with Crippen LogP contribution in [-0.4, -0.2) is 40.7 Å². The molecule has 0 amide bonds. The van der Waals surface area contributed by atoms with E-state index in [2.05, 4.69) is 14.9 Å². The van der Waals surface area contributed by atoms with E-state index in [0.29, 0.717) is 31.1 Å². The van der Waals surface area contributed by atoms with Crippen molar-refractivity contribution in [1.82, 2.24) is 14.9 Å². The fourth-order valence-corrected chi connectivity index (χ4v) is 4.35. The first-order valence-corrected chi connectivity index (χ1v) is 9.35. The van der Waals surface area contributed by atoms with Crippen molar-refractivity contribution in [2.24, 2.45) is 5.92 Å². The lowest BCUT2D eigenvalue weighted by Gasteiger charge is -2.35. The highest BCUT2D eigenvalue weighted by atomic mass is 19.4. The molecule has 2 fully saturated rings. The summed E-state index contributed by atoms with van der Waals surface area (Å²) in [6.45, 7) is 1.07. The molecule has 1 aliphatic carbocycles. The van der Waals surface area contributed by atoms with E-state index in [0.717, 1.165) is 37.0 Å². The Bertz CT molecular complexity index is 813. The topological polar surface area (TPSA) is 47.5 Å². The largest absolute Gasteiger partial charge is 0.492 e. The molecule has 1 aromatic heterocycles. The quantitative estimate of drug-likeness (QED) is 0.744. The molecular formula is C20H22F3N3O2. The van der Waals surface area contributed by atoms with Gasteiger partial charge in [-0.3, -0.25) is 4.90 Å². The molecule has 28 heavy (non-hydrogen) atoms. The summed E-state index contributed by atoms with van der Waals surface area (Å²) in [4.78, 5) is 10.7. The highest BCUT2D eigenvalue weighted by Crippen LogP contribution is 2.43. The van der Waals surface area contributed by atoms with Crippen LogP contribution < -0.4 is 9.47 Å². The molecule has 2 bridgehead atoms. The maximum atomic E-state index is 12.9. The number of aromatic nitrogens is 2. The lowest BCUT2D eigenvalue weighted by Crippen LogP contribution is -2.43. The number of ether oxygens (including phenoxy) is 2. The van der Waals surface area contributed by atoms with Gasteiger partial charge in [0, 0.05) is 36.6 Å². The van der Waals surface area contributed by atoms with Crippen molar-refractivity contribution in [3.8, 4) is 11.8 Å². The van der Waals surface area contributed by atoms with Gasteiger partial charge in [-0.15, -0.1) is 0 Å². The van der Waals surface area contributed by atoms with Crippen molar-refractivity contribution in [3.05, 3.63) is 47.8 Å². The molecule has 1 aliphatic heterocycles. The number of rotatable bonds is 6. The number of benzene rings is 1. The van der Waals surface area contributed by atoms with Crippen LogP contribution in [-0.2, 0) is 12.7 Å². The second-order valence-corrected chi connectivity index (χ2v) is 7.38. The molecule has 4 rings (SSSR count). The van der Waals surface area contributed by atoms with Crippen molar-refractivity contribution in [1.29, 1.82) is 0 Å². The molecule has 2 aromatic rings. The van der Waals surface area contributed by atoms with E-state index in [4.69, 9.17) is 9.47 Å². The minimum atomic E-state index is -4.37. The maximum absolute atomic E-state index is 12.9. The second kappa shape index (κ2) is 7.58. The number of nitrogens with zero attached hydrogens (tertiary/aromatic N) is 3. The second-order valence-electron chi connectivity index (χ2n) is 7.38. The molecule has 1 aromatic carbocycles. The van der Waals surface area contributed by atoms with Crippen LogP contribution in [0.1, 0.15) is 30.4 Å². The number of piperidine rings is 1. The van der Waals surface area contributed by atoms with Gasteiger partial charge in [-0.1, -0.05) is 6.07 Å². The van der Waals surface area contributed by atoms with Crippen LogP contribution in [0.5, 0.6) is 11.8 Å². The van der Waals surface area contributed by atoms with Crippen LogP contribution in [0.3, 0.4) is 0 Å². The van der Waals surface area contributed by atoms with Gasteiger partial charge in [-0.05, 0) is 43.4 Å². The zero-order valence-corrected chi connectivity index (χ0v) is 15.5. The third-order valence-corrected chi connectivity index (χ3v) is 5.70. The number of methoxy groups -OCH3 is 1. The van der Waals surface area contributed by atoms with Crippen LogP contribution in [0.2, 0.25) is 0 Å². The van der Waals surface area contributed by atoms with Crippen LogP contribution in [0.25, 0.3) is 0 Å². The Balaban J connectivity index is 1.44. The van der Waals surface area contributed by atoms with Gasteiger partial charge < -0.3 is 9.47 Å². The Morgan fingerprint density at radius 3 is 2.68 bits per heavy atom. The molecule has 1 saturated heterocycles. The minimum absolute atomic E-state index is 0.176. The monoisotopic (exact) mass is 393 g/mol. The van der Waals surface area contributed by atoms with Crippen LogP contribution in [0.15, 0.2) is 36.7 Å². The molecule has 1 saturated carbocycles. The zero-order valence-electron chi connectivity index (χ0n) is 15.5. The molecule has 0 spiro atoms. The van der Waals surface area contributed by atoms with Gasteiger partial charge in [0.25, 0.3) is 0 Å². The van der Waals surface area contributed by atoms with E-state index in [-0.39, 0.29) is 11.8 Å². The molecule has 0 N–H and O–H groups in total. The zero-order chi connectivity index (χ0) is 19.7. The average molecular weight is 393 g/mol. The predicted molar refractivity (Wildman–Crippen MR) is 96.0 cm³/mol. The highest BCUT2D eigenvalue weighted by molar-refractivity contribution is 5.30. The van der Waals surface area contributed by atoms with Crippen molar-refractivity contribution >= 4 is 0 Å². The number of hydrogen-bond donors (Lipinski definition) is 0. The summed E-state index contributed by atoms with van der Waals surface area (Å²) in [5, 5.41) is 0. The van der Waals surface area contributed by atoms with Crippen molar-refractivity contribution in [3.63, 3.8) is 0 Å². The van der Waals surface area contributed by atoms with Crippen LogP contribution in [0, 0.1) is 5.92 Å². The smallest absolute Gasteiger partial charge is 0.416 e. The molecule has 5 nitrogen and oxygen atoms in total.